The van der Waals surface area contributed by atoms with Crippen molar-refractivity contribution in [2.45, 2.75) is 6.04 Å². The molecule has 0 radical (unpaired) electrons. The molecule has 0 aliphatic carbocycles. The van der Waals surface area contributed by atoms with Gasteiger partial charge < -0.3 is 10.1 Å². The van der Waals surface area contributed by atoms with Crippen molar-refractivity contribution >= 4 is 17.2 Å². The molecule has 1 heterocycles. The maximum atomic E-state index is 13.2. The predicted octanol–water partition coefficient (Wildman–Crippen LogP) is 4.31. The van der Waals surface area contributed by atoms with Crippen LogP contribution in [0.2, 0.25) is 0 Å². The molecule has 3 rings (SSSR count). The first-order valence-corrected chi connectivity index (χ1v) is 8.46. The van der Waals surface area contributed by atoms with E-state index in [1.807, 2.05) is 17.5 Å². The van der Waals surface area contributed by atoms with Gasteiger partial charge in [-0.05, 0) is 53.4 Å². The number of nitrogens with one attached hydrogen (secondary N) is 1. The average Bonchev–Trinajstić information content (AvgIpc) is 3.14. The molecule has 0 bridgehead atoms. The lowest BCUT2D eigenvalue weighted by Crippen LogP contribution is -2.32. The normalized spacial score (nSPS) is 11.8. The molecule has 0 aliphatic heterocycles. The minimum absolute atomic E-state index is 0.200. The first-order valence-electron chi connectivity index (χ1n) is 7.58. The fourth-order valence-corrected chi connectivity index (χ4v) is 3.11. The van der Waals surface area contributed by atoms with E-state index in [4.69, 9.17) is 4.74 Å². The standard InChI is InChI=1S/C19H15F2NO2S/c20-14-5-3-13(4-6-14)19(17-2-1-11-25-17)22-18(23)12-24-16-9-7-15(21)8-10-16/h1-11,19H,12H2,(H,22,23). The maximum absolute atomic E-state index is 13.2. The molecule has 0 saturated heterocycles. The highest BCUT2D eigenvalue weighted by molar-refractivity contribution is 7.10. The van der Waals surface area contributed by atoms with Gasteiger partial charge in [-0.15, -0.1) is 11.3 Å². The molecular formula is C19H15F2NO2S. The van der Waals surface area contributed by atoms with Gasteiger partial charge in [-0.1, -0.05) is 18.2 Å². The summed E-state index contributed by atoms with van der Waals surface area (Å²) in [5.74, 6) is -0.622. The minimum Gasteiger partial charge on any atom is -0.484 e. The van der Waals surface area contributed by atoms with Crippen molar-refractivity contribution in [3.05, 3.63) is 88.1 Å². The highest BCUT2D eigenvalue weighted by atomic mass is 32.1. The number of benzene rings is 2. The third-order valence-electron chi connectivity index (χ3n) is 3.52. The average molecular weight is 359 g/mol. The van der Waals surface area contributed by atoms with E-state index in [1.165, 1.54) is 47.7 Å². The van der Waals surface area contributed by atoms with Gasteiger partial charge in [-0.2, -0.15) is 0 Å². The van der Waals surface area contributed by atoms with Crippen LogP contribution >= 0.6 is 11.3 Å². The monoisotopic (exact) mass is 359 g/mol. The molecule has 1 N–H and O–H groups in total. The van der Waals surface area contributed by atoms with Crippen molar-refractivity contribution in [3.63, 3.8) is 0 Å². The Kier molecular flexibility index (Phi) is 5.40. The molecule has 1 unspecified atom stereocenters. The molecule has 6 heteroatoms. The lowest BCUT2D eigenvalue weighted by Gasteiger charge is -2.18. The topological polar surface area (TPSA) is 38.3 Å². The van der Waals surface area contributed by atoms with Crippen molar-refractivity contribution < 1.29 is 18.3 Å². The SMILES string of the molecule is O=C(COc1ccc(F)cc1)NC(c1ccc(F)cc1)c1cccs1. The van der Waals surface area contributed by atoms with E-state index in [-0.39, 0.29) is 30.2 Å². The van der Waals surface area contributed by atoms with Crippen LogP contribution in [0, 0.1) is 11.6 Å². The predicted molar refractivity (Wildman–Crippen MR) is 92.6 cm³/mol. The van der Waals surface area contributed by atoms with Gasteiger partial charge in [0.15, 0.2) is 6.61 Å². The van der Waals surface area contributed by atoms with Crippen molar-refractivity contribution in [1.82, 2.24) is 5.32 Å². The Labute approximate surface area is 147 Å². The molecule has 128 valence electrons. The number of thiophene rings is 1. The minimum atomic E-state index is -0.384. The molecular weight excluding hydrogens is 344 g/mol. The molecule has 1 amide bonds. The fourth-order valence-electron chi connectivity index (χ4n) is 2.31. The van der Waals surface area contributed by atoms with E-state index in [2.05, 4.69) is 5.32 Å². The van der Waals surface area contributed by atoms with Gasteiger partial charge >= 0.3 is 0 Å². The number of ether oxygens (including phenoxy) is 1. The smallest absolute Gasteiger partial charge is 0.258 e. The van der Waals surface area contributed by atoms with Crippen LogP contribution in [0.5, 0.6) is 5.75 Å². The Bertz CT molecular complexity index is 818. The second-order valence-corrected chi connectivity index (χ2v) is 6.29. The Hall–Kier alpha value is -2.73. The molecule has 3 nitrogen and oxygen atoms in total. The van der Waals surface area contributed by atoms with E-state index in [0.29, 0.717) is 5.75 Å². The summed E-state index contributed by atoms with van der Waals surface area (Å²) in [6, 6.07) is 14.8. The molecule has 0 aliphatic rings. The summed E-state index contributed by atoms with van der Waals surface area (Å²) in [6.45, 7) is -0.200. The van der Waals surface area contributed by atoms with Gasteiger partial charge in [0.25, 0.3) is 5.91 Å². The summed E-state index contributed by atoms with van der Waals surface area (Å²) in [5, 5.41) is 4.80. The first kappa shape index (κ1) is 17.1. The van der Waals surface area contributed by atoms with E-state index in [0.717, 1.165) is 10.4 Å². The lowest BCUT2D eigenvalue weighted by molar-refractivity contribution is -0.123. The molecule has 25 heavy (non-hydrogen) atoms. The number of halogens is 2. The second-order valence-electron chi connectivity index (χ2n) is 5.31. The van der Waals surface area contributed by atoms with Crippen LogP contribution in [0.15, 0.2) is 66.0 Å². The summed E-state index contributed by atoms with van der Waals surface area (Å²) >= 11 is 1.50. The van der Waals surface area contributed by atoms with Gasteiger partial charge in [0.05, 0.1) is 6.04 Å². The van der Waals surface area contributed by atoms with Crippen LogP contribution in [0.25, 0.3) is 0 Å². The van der Waals surface area contributed by atoms with Gasteiger partial charge in [0.2, 0.25) is 0 Å². The van der Waals surface area contributed by atoms with Crippen LogP contribution in [0.4, 0.5) is 8.78 Å². The number of carbonyl (C=O) groups excluding carboxylic acids is 1. The van der Waals surface area contributed by atoms with Gasteiger partial charge in [-0.3, -0.25) is 4.79 Å². The Morgan fingerprint density at radius 2 is 1.64 bits per heavy atom. The quantitative estimate of drug-likeness (QED) is 0.712. The summed E-state index contributed by atoms with van der Waals surface area (Å²) in [7, 11) is 0. The van der Waals surface area contributed by atoms with Crippen molar-refractivity contribution in [3.8, 4) is 5.75 Å². The molecule has 2 aromatic carbocycles. The van der Waals surface area contributed by atoms with Gasteiger partial charge in [0.1, 0.15) is 17.4 Å². The zero-order valence-corrected chi connectivity index (χ0v) is 13.9. The zero-order valence-electron chi connectivity index (χ0n) is 13.1. The highest BCUT2D eigenvalue weighted by Gasteiger charge is 2.18. The summed E-state index contributed by atoms with van der Waals surface area (Å²) in [6.07, 6.45) is 0. The summed E-state index contributed by atoms with van der Waals surface area (Å²) in [4.78, 5) is 13.2. The third-order valence-corrected chi connectivity index (χ3v) is 4.46. The number of amides is 1. The van der Waals surface area contributed by atoms with E-state index >= 15 is 0 Å². The van der Waals surface area contributed by atoms with Gasteiger partial charge in [0, 0.05) is 4.88 Å². The number of hydrogen-bond acceptors (Lipinski definition) is 3. The third kappa shape index (κ3) is 4.64. The highest BCUT2D eigenvalue weighted by Crippen LogP contribution is 2.26. The molecule has 1 aromatic heterocycles. The molecule has 0 fully saturated rings. The lowest BCUT2D eigenvalue weighted by atomic mass is 10.1. The number of hydrogen-bond donors (Lipinski definition) is 1. The van der Waals surface area contributed by atoms with Crippen LogP contribution < -0.4 is 10.1 Å². The van der Waals surface area contributed by atoms with Crippen LogP contribution in [0.3, 0.4) is 0 Å². The second kappa shape index (κ2) is 7.90. The molecule has 3 aromatic rings. The fraction of sp³-hybridized carbons (Fsp3) is 0.105. The van der Waals surface area contributed by atoms with Crippen LogP contribution in [-0.4, -0.2) is 12.5 Å². The van der Waals surface area contributed by atoms with Crippen molar-refractivity contribution in [2.24, 2.45) is 0 Å². The van der Waals surface area contributed by atoms with Crippen molar-refractivity contribution in [2.75, 3.05) is 6.61 Å². The number of carbonyl (C=O) groups is 1. The molecule has 0 saturated carbocycles. The van der Waals surface area contributed by atoms with Gasteiger partial charge in [-0.25, -0.2) is 8.78 Å². The molecule has 0 spiro atoms. The summed E-state index contributed by atoms with van der Waals surface area (Å²) in [5.41, 5.74) is 0.777. The Balaban J connectivity index is 1.68. The Morgan fingerprint density at radius 3 is 2.24 bits per heavy atom. The van der Waals surface area contributed by atoms with Crippen molar-refractivity contribution in [1.29, 1.82) is 0 Å². The van der Waals surface area contributed by atoms with E-state index in [9.17, 15) is 13.6 Å². The summed E-state index contributed by atoms with van der Waals surface area (Å²) < 4.78 is 31.4. The van der Waals surface area contributed by atoms with Crippen LogP contribution in [-0.2, 0) is 4.79 Å². The number of rotatable bonds is 6. The largest absolute Gasteiger partial charge is 0.484 e. The maximum Gasteiger partial charge on any atom is 0.258 e. The first-order chi connectivity index (χ1) is 12.1. The van der Waals surface area contributed by atoms with E-state index < -0.39 is 0 Å². The zero-order chi connectivity index (χ0) is 17.6. The molecule has 1 atom stereocenters. The van der Waals surface area contributed by atoms with E-state index in [1.54, 1.807) is 12.1 Å². The van der Waals surface area contributed by atoms with Crippen LogP contribution in [0.1, 0.15) is 16.5 Å². The Morgan fingerprint density at radius 1 is 1.00 bits per heavy atom.